The number of ether oxygens (including phenoxy) is 1. The Morgan fingerprint density at radius 1 is 1.03 bits per heavy atom. The summed E-state index contributed by atoms with van der Waals surface area (Å²) < 4.78 is 8.19. The van der Waals surface area contributed by atoms with Crippen LogP contribution in [0.2, 0.25) is 5.02 Å². The summed E-state index contributed by atoms with van der Waals surface area (Å²) in [7, 11) is 0. The average molecular weight is 604 g/mol. The molecule has 0 fully saturated rings. The fourth-order valence-electron chi connectivity index (χ4n) is 3.35. The second kappa shape index (κ2) is 13.8. The molecule has 0 unspecified atom stereocenters. The summed E-state index contributed by atoms with van der Waals surface area (Å²) in [4.78, 5) is 25.1. The maximum Gasteiger partial charge on any atom is 0.258 e. The first-order chi connectivity index (χ1) is 18.8. The van der Waals surface area contributed by atoms with Crippen molar-refractivity contribution >= 4 is 63.4 Å². The van der Waals surface area contributed by atoms with Crippen molar-refractivity contribution in [2.75, 3.05) is 23.4 Å². The largest absolute Gasteiger partial charge is 0.484 e. The molecule has 0 aliphatic rings. The van der Waals surface area contributed by atoms with Gasteiger partial charge in [0, 0.05) is 5.02 Å². The number of halogens is 1. The molecule has 2 heterocycles. The van der Waals surface area contributed by atoms with E-state index in [4.69, 9.17) is 16.3 Å². The summed E-state index contributed by atoms with van der Waals surface area (Å²) in [6.45, 7) is 5.97. The summed E-state index contributed by atoms with van der Waals surface area (Å²) in [5.41, 5.74) is 2.93. The Balaban J connectivity index is 1.44. The number of aromatic nitrogens is 5. The lowest BCUT2D eigenvalue weighted by Crippen LogP contribution is -2.29. The lowest BCUT2D eigenvalue weighted by molar-refractivity contribution is -0.123. The maximum absolute atomic E-state index is 12.6. The van der Waals surface area contributed by atoms with Gasteiger partial charge in [0.15, 0.2) is 21.9 Å². The lowest BCUT2D eigenvalue weighted by Gasteiger charge is -2.14. The van der Waals surface area contributed by atoms with Gasteiger partial charge in [-0.15, -0.1) is 20.4 Å². The highest BCUT2D eigenvalue weighted by Gasteiger charge is 2.19. The fourth-order valence-corrected chi connectivity index (χ4v) is 5.90. The van der Waals surface area contributed by atoms with Crippen LogP contribution < -0.4 is 15.4 Å². The van der Waals surface area contributed by atoms with Gasteiger partial charge in [0.1, 0.15) is 5.75 Å². The number of aryl methyl sites for hydroxylation is 2. The molecule has 10 nitrogen and oxygen atoms in total. The number of hydrogen-bond acceptors (Lipinski definition) is 10. The summed E-state index contributed by atoms with van der Waals surface area (Å²) in [6, 6.07) is 12.8. The highest BCUT2D eigenvalue weighted by molar-refractivity contribution is 8.01. The maximum atomic E-state index is 12.6. The Kier molecular flexibility index (Phi) is 10.2. The van der Waals surface area contributed by atoms with E-state index in [0.29, 0.717) is 26.9 Å². The van der Waals surface area contributed by atoms with E-state index >= 15 is 0 Å². The number of rotatable bonds is 12. The van der Waals surface area contributed by atoms with Gasteiger partial charge in [-0.2, -0.15) is 0 Å². The number of carbonyl (C=O) groups excluding carboxylic acids is 2. The van der Waals surface area contributed by atoms with E-state index in [-0.39, 0.29) is 30.7 Å². The van der Waals surface area contributed by atoms with Crippen LogP contribution in [0.25, 0.3) is 5.69 Å². The van der Waals surface area contributed by atoms with Crippen LogP contribution in [-0.2, 0) is 16.1 Å². The molecule has 0 saturated carbocycles. The van der Waals surface area contributed by atoms with E-state index in [9.17, 15) is 9.59 Å². The molecular formula is C25H26ClN7O3S3. The molecule has 4 aromatic rings. The Morgan fingerprint density at radius 2 is 1.82 bits per heavy atom. The van der Waals surface area contributed by atoms with Crippen LogP contribution in [0.4, 0.5) is 5.13 Å². The molecular weight excluding hydrogens is 578 g/mol. The van der Waals surface area contributed by atoms with Crippen molar-refractivity contribution in [3.63, 3.8) is 0 Å². The monoisotopic (exact) mass is 603 g/mol. The summed E-state index contributed by atoms with van der Waals surface area (Å²) in [5, 5.41) is 23.9. The van der Waals surface area contributed by atoms with Crippen LogP contribution in [-0.4, -0.2) is 54.9 Å². The van der Waals surface area contributed by atoms with E-state index in [0.717, 1.165) is 26.9 Å². The van der Waals surface area contributed by atoms with Crippen molar-refractivity contribution in [1.29, 1.82) is 0 Å². The van der Waals surface area contributed by atoms with E-state index in [2.05, 4.69) is 31.0 Å². The molecule has 0 aliphatic heterocycles. The predicted molar refractivity (Wildman–Crippen MR) is 155 cm³/mol. The summed E-state index contributed by atoms with van der Waals surface area (Å²) in [6.07, 6.45) is 0. The minimum atomic E-state index is -0.313. The van der Waals surface area contributed by atoms with Gasteiger partial charge in [-0.1, -0.05) is 65.5 Å². The minimum absolute atomic E-state index is 0.0973. The fraction of sp³-hybridized carbons (Fsp3) is 0.280. The third kappa shape index (κ3) is 8.18. The lowest BCUT2D eigenvalue weighted by atomic mass is 10.1. The van der Waals surface area contributed by atoms with E-state index < -0.39 is 0 Å². The molecule has 0 saturated heterocycles. The number of nitrogens with one attached hydrogen (secondary N) is 2. The molecule has 0 bridgehead atoms. The first-order valence-corrected chi connectivity index (χ1v) is 15.0. The first-order valence-electron chi connectivity index (χ1n) is 11.9. The molecule has 2 aromatic heterocycles. The number of amides is 2. The molecule has 0 aliphatic carbocycles. The summed E-state index contributed by atoms with van der Waals surface area (Å²) in [5.74, 6) is 1.50. The second-order valence-electron chi connectivity index (χ2n) is 8.19. The Bertz CT molecular complexity index is 1440. The normalized spacial score (nSPS) is 10.9. The second-order valence-corrected chi connectivity index (χ2v) is 12.1. The zero-order valence-corrected chi connectivity index (χ0v) is 24.6. The van der Waals surface area contributed by atoms with Crippen molar-refractivity contribution in [2.24, 2.45) is 0 Å². The third-order valence-electron chi connectivity index (χ3n) is 5.19. The van der Waals surface area contributed by atoms with Gasteiger partial charge in [0.25, 0.3) is 5.91 Å². The Labute approximate surface area is 243 Å². The number of anilines is 1. The average Bonchev–Trinajstić information content (AvgIpc) is 3.54. The number of carbonyl (C=O) groups is 2. The SMILES string of the molecule is CCSc1nnc(NC(=O)CSc2nnc(CNC(=O)COc3ccc(Cl)cc3)n2-c2cc(C)ccc2C)s1. The Hall–Kier alpha value is -3.13. The molecule has 0 radical (unpaired) electrons. The van der Waals surface area contributed by atoms with Crippen LogP contribution in [0.3, 0.4) is 0 Å². The van der Waals surface area contributed by atoms with Crippen LogP contribution in [0.5, 0.6) is 5.75 Å². The number of nitrogens with zero attached hydrogens (tertiary/aromatic N) is 5. The van der Waals surface area contributed by atoms with Crippen molar-refractivity contribution in [1.82, 2.24) is 30.3 Å². The highest BCUT2D eigenvalue weighted by Crippen LogP contribution is 2.27. The molecule has 2 N–H and O–H groups in total. The van der Waals surface area contributed by atoms with Crippen molar-refractivity contribution in [3.8, 4) is 11.4 Å². The van der Waals surface area contributed by atoms with Crippen LogP contribution in [0.1, 0.15) is 23.9 Å². The van der Waals surface area contributed by atoms with Gasteiger partial charge < -0.3 is 10.1 Å². The predicted octanol–water partition coefficient (Wildman–Crippen LogP) is 4.93. The molecule has 0 atom stereocenters. The van der Waals surface area contributed by atoms with E-state index in [1.807, 2.05) is 43.5 Å². The molecule has 2 aromatic carbocycles. The van der Waals surface area contributed by atoms with Crippen molar-refractivity contribution in [3.05, 3.63) is 64.4 Å². The van der Waals surface area contributed by atoms with E-state index in [1.165, 1.54) is 23.1 Å². The van der Waals surface area contributed by atoms with Crippen LogP contribution in [0, 0.1) is 13.8 Å². The highest BCUT2D eigenvalue weighted by atomic mass is 35.5. The number of benzene rings is 2. The van der Waals surface area contributed by atoms with Gasteiger partial charge in [-0.05, 0) is 61.1 Å². The number of thioether (sulfide) groups is 2. The molecule has 14 heteroatoms. The minimum Gasteiger partial charge on any atom is -0.484 e. The van der Waals surface area contributed by atoms with Gasteiger partial charge in [0.2, 0.25) is 11.0 Å². The molecule has 39 heavy (non-hydrogen) atoms. The quantitative estimate of drug-likeness (QED) is 0.171. The van der Waals surface area contributed by atoms with Gasteiger partial charge >= 0.3 is 0 Å². The smallest absolute Gasteiger partial charge is 0.258 e. The van der Waals surface area contributed by atoms with Crippen molar-refractivity contribution < 1.29 is 14.3 Å². The number of hydrogen-bond donors (Lipinski definition) is 2. The van der Waals surface area contributed by atoms with Crippen molar-refractivity contribution in [2.45, 2.75) is 36.8 Å². The molecule has 4 rings (SSSR count). The molecule has 0 spiro atoms. The standard InChI is InChI=1S/C25H26ClN7O3S3/c1-4-37-25-32-30-23(39-25)28-22(35)14-38-24-31-29-20(33(24)19-11-15(2)5-6-16(19)3)12-27-21(34)13-36-18-9-7-17(26)8-10-18/h5-11H,4,12-14H2,1-3H3,(H,27,34)(H,28,30,35). The third-order valence-corrected chi connectivity index (χ3v) is 8.22. The van der Waals surface area contributed by atoms with Crippen LogP contribution >= 0.6 is 46.5 Å². The van der Waals surface area contributed by atoms with Crippen LogP contribution in [0.15, 0.2) is 52.0 Å². The van der Waals surface area contributed by atoms with Gasteiger partial charge in [-0.3, -0.25) is 19.5 Å². The summed E-state index contributed by atoms with van der Waals surface area (Å²) >= 11 is 10.0. The Morgan fingerprint density at radius 3 is 2.59 bits per heavy atom. The topological polar surface area (TPSA) is 124 Å². The molecule has 2 amide bonds. The van der Waals surface area contributed by atoms with Gasteiger partial charge in [0.05, 0.1) is 18.0 Å². The van der Waals surface area contributed by atoms with E-state index in [1.54, 1.807) is 36.0 Å². The van der Waals surface area contributed by atoms with Gasteiger partial charge in [-0.25, -0.2) is 0 Å². The zero-order chi connectivity index (χ0) is 27.8. The molecule has 204 valence electrons. The first kappa shape index (κ1) is 28.9. The zero-order valence-electron chi connectivity index (χ0n) is 21.4.